The van der Waals surface area contributed by atoms with E-state index in [9.17, 15) is 4.79 Å². The van der Waals surface area contributed by atoms with Gasteiger partial charge in [0.1, 0.15) is 5.69 Å². The Kier molecular flexibility index (Phi) is 4.68. The number of aromatic nitrogens is 4. The minimum atomic E-state index is -0.0896. The first-order valence-electron chi connectivity index (χ1n) is 7.22. The molecule has 0 spiro atoms. The quantitative estimate of drug-likeness (QED) is 0.746. The standard InChI is InChI=1S/C16H15N5O2/c22-14(19-11-12-5-1-3-9-17-12)7-8-15-20-16(21-23-15)13-6-2-4-10-18-13/h1-6,9-10H,7-8,11H2,(H,19,22). The molecule has 23 heavy (non-hydrogen) atoms. The van der Waals surface area contributed by atoms with Crippen LogP contribution in [0.25, 0.3) is 11.5 Å². The number of nitrogens with zero attached hydrogens (tertiary/aromatic N) is 4. The van der Waals surface area contributed by atoms with Crippen molar-refractivity contribution in [3.8, 4) is 11.5 Å². The smallest absolute Gasteiger partial charge is 0.227 e. The van der Waals surface area contributed by atoms with Gasteiger partial charge < -0.3 is 9.84 Å². The van der Waals surface area contributed by atoms with E-state index >= 15 is 0 Å². The van der Waals surface area contributed by atoms with Gasteiger partial charge in [0.2, 0.25) is 17.6 Å². The lowest BCUT2D eigenvalue weighted by Gasteiger charge is -2.03. The molecule has 0 aliphatic carbocycles. The molecule has 3 aromatic heterocycles. The van der Waals surface area contributed by atoms with E-state index in [0.717, 1.165) is 5.69 Å². The maximum atomic E-state index is 11.8. The van der Waals surface area contributed by atoms with Crippen molar-refractivity contribution >= 4 is 5.91 Å². The number of rotatable bonds is 6. The highest BCUT2D eigenvalue weighted by Crippen LogP contribution is 2.12. The van der Waals surface area contributed by atoms with Crippen molar-refractivity contribution in [3.63, 3.8) is 0 Å². The summed E-state index contributed by atoms with van der Waals surface area (Å²) in [4.78, 5) is 24.4. The fourth-order valence-corrected chi connectivity index (χ4v) is 1.96. The van der Waals surface area contributed by atoms with Crippen molar-refractivity contribution in [2.45, 2.75) is 19.4 Å². The maximum Gasteiger partial charge on any atom is 0.227 e. The van der Waals surface area contributed by atoms with Crippen LogP contribution < -0.4 is 5.32 Å². The van der Waals surface area contributed by atoms with Gasteiger partial charge in [0.25, 0.3) is 0 Å². The molecule has 0 atom stereocenters. The molecule has 7 heteroatoms. The Balaban J connectivity index is 1.49. The molecule has 0 aromatic carbocycles. The monoisotopic (exact) mass is 309 g/mol. The molecule has 3 heterocycles. The first-order valence-corrected chi connectivity index (χ1v) is 7.22. The lowest BCUT2D eigenvalue weighted by molar-refractivity contribution is -0.121. The van der Waals surface area contributed by atoms with Crippen LogP contribution >= 0.6 is 0 Å². The topological polar surface area (TPSA) is 93.8 Å². The molecular weight excluding hydrogens is 294 g/mol. The van der Waals surface area contributed by atoms with Crippen LogP contribution in [0.2, 0.25) is 0 Å². The second-order valence-corrected chi connectivity index (χ2v) is 4.82. The number of pyridine rings is 2. The van der Waals surface area contributed by atoms with E-state index in [-0.39, 0.29) is 12.3 Å². The summed E-state index contributed by atoms with van der Waals surface area (Å²) in [5.74, 6) is 0.751. The lowest BCUT2D eigenvalue weighted by atomic mass is 10.3. The van der Waals surface area contributed by atoms with Crippen molar-refractivity contribution in [1.29, 1.82) is 0 Å². The zero-order valence-electron chi connectivity index (χ0n) is 12.3. The molecule has 116 valence electrons. The summed E-state index contributed by atoms with van der Waals surface area (Å²) in [5, 5.41) is 6.67. The average molecular weight is 309 g/mol. The highest BCUT2D eigenvalue weighted by Gasteiger charge is 2.11. The third kappa shape index (κ3) is 4.19. The molecule has 3 rings (SSSR count). The summed E-state index contributed by atoms with van der Waals surface area (Å²) in [6, 6.07) is 11.0. The summed E-state index contributed by atoms with van der Waals surface area (Å²) >= 11 is 0. The Hall–Kier alpha value is -3.09. The molecule has 0 saturated heterocycles. The normalized spacial score (nSPS) is 10.4. The van der Waals surface area contributed by atoms with Gasteiger partial charge in [-0.15, -0.1) is 0 Å². The van der Waals surface area contributed by atoms with E-state index < -0.39 is 0 Å². The number of carbonyl (C=O) groups is 1. The number of aryl methyl sites for hydroxylation is 1. The highest BCUT2D eigenvalue weighted by atomic mass is 16.5. The first kappa shape index (κ1) is 14.8. The second kappa shape index (κ2) is 7.26. The summed E-state index contributed by atoms with van der Waals surface area (Å²) in [6.45, 7) is 0.405. The van der Waals surface area contributed by atoms with E-state index in [1.54, 1.807) is 18.5 Å². The van der Waals surface area contributed by atoms with Crippen molar-refractivity contribution < 1.29 is 9.32 Å². The molecule has 0 aliphatic heterocycles. The largest absolute Gasteiger partial charge is 0.350 e. The van der Waals surface area contributed by atoms with Crippen LogP contribution in [0.4, 0.5) is 0 Å². The minimum absolute atomic E-state index is 0.0896. The van der Waals surface area contributed by atoms with E-state index in [4.69, 9.17) is 4.52 Å². The molecule has 7 nitrogen and oxygen atoms in total. The molecule has 1 N–H and O–H groups in total. The Labute approximate surface area is 132 Å². The van der Waals surface area contributed by atoms with Crippen LogP contribution in [0.15, 0.2) is 53.3 Å². The van der Waals surface area contributed by atoms with Gasteiger partial charge in [-0.3, -0.25) is 14.8 Å². The van der Waals surface area contributed by atoms with Crippen LogP contribution in [-0.4, -0.2) is 26.0 Å². The number of carbonyl (C=O) groups excluding carboxylic acids is 1. The summed E-state index contributed by atoms with van der Waals surface area (Å²) < 4.78 is 5.14. The average Bonchev–Trinajstić information content (AvgIpc) is 3.09. The molecule has 1 amide bonds. The third-order valence-electron chi connectivity index (χ3n) is 3.12. The molecule has 3 aromatic rings. The van der Waals surface area contributed by atoms with Gasteiger partial charge in [0.05, 0.1) is 12.2 Å². The van der Waals surface area contributed by atoms with Crippen LogP contribution in [-0.2, 0) is 17.8 Å². The fourth-order valence-electron chi connectivity index (χ4n) is 1.96. The predicted octanol–water partition coefficient (Wildman–Crippen LogP) is 1.78. The minimum Gasteiger partial charge on any atom is -0.350 e. The second-order valence-electron chi connectivity index (χ2n) is 4.82. The molecular formula is C16H15N5O2. The molecule has 0 aliphatic rings. The van der Waals surface area contributed by atoms with Gasteiger partial charge in [-0.25, -0.2) is 0 Å². The van der Waals surface area contributed by atoms with Crippen molar-refractivity contribution in [2.75, 3.05) is 0 Å². The van der Waals surface area contributed by atoms with Crippen molar-refractivity contribution in [2.24, 2.45) is 0 Å². The van der Waals surface area contributed by atoms with Gasteiger partial charge >= 0.3 is 0 Å². The number of hydrogen-bond donors (Lipinski definition) is 1. The zero-order chi connectivity index (χ0) is 15.9. The van der Waals surface area contributed by atoms with Crippen LogP contribution in [0.3, 0.4) is 0 Å². The Morgan fingerprint density at radius 2 is 1.91 bits per heavy atom. The van der Waals surface area contributed by atoms with Crippen molar-refractivity contribution in [3.05, 3.63) is 60.4 Å². The third-order valence-corrected chi connectivity index (χ3v) is 3.12. The van der Waals surface area contributed by atoms with Crippen LogP contribution in [0.5, 0.6) is 0 Å². The SMILES string of the molecule is O=C(CCc1nc(-c2ccccn2)no1)NCc1ccccn1. The van der Waals surface area contributed by atoms with Gasteiger partial charge in [-0.2, -0.15) is 4.98 Å². The van der Waals surface area contributed by atoms with Gasteiger partial charge in [0.15, 0.2) is 0 Å². The van der Waals surface area contributed by atoms with Crippen LogP contribution in [0, 0.1) is 0 Å². The Morgan fingerprint density at radius 3 is 2.65 bits per heavy atom. The Morgan fingerprint density at radius 1 is 1.09 bits per heavy atom. The summed E-state index contributed by atoms with van der Waals surface area (Å²) in [7, 11) is 0. The molecule has 0 saturated carbocycles. The summed E-state index contributed by atoms with van der Waals surface area (Å²) in [6.07, 6.45) is 4.01. The molecule has 0 radical (unpaired) electrons. The fraction of sp³-hybridized carbons (Fsp3) is 0.188. The predicted molar refractivity (Wildman–Crippen MR) is 81.9 cm³/mol. The number of amides is 1. The van der Waals surface area contributed by atoms with E-state index in [0.29, 0.717) is 30.4 Å². The Bertz CT molecular complexity index is 758. The number of nitrogens with one attached hydrogen (secondary N) is 1. The zero-order valence-corrected chi connectivity index (χ0v) is 12.3. The van der Waals surface area contributed by atoms with E-state index in [1.807, 2.05) is 30.3 Å². The maximum absolute atomic E-state index is 11.8. The van der Waals surface area contributed by atoms with E-state index in [1.165, 1.54) is 0 Å². The van der Waals surface area contributed by atoms with Crippen LogP contribution in [0.1, 0.15) is 18.0 Å². The van der Waals surface area contributed by atoms with Gasteiger partial charge in [-0.05, 0) is 24.3 Å². The molecule has 0 fully saturated rings. The lowest BCUT2D eigenvalue weighted by Crippen LogP contribution is -2.23. The van der Waals surface area contributed by atoms with Crippen molar-refractivity contribution in [1.82, 2.24) is 25.4 Å². The van der Waals surface area contributed by atoms with E-state index in [2.05, 4.69) is 25.4 Å². The molecule has 0 bridgehead atoms. The van der Waals surface area contributed by atoms with Gasteiger partial charge in [-0.1, -0.05) is 17.3 Å². The molecule has 0 unspecified atom stereocenters. The summed E-state index contributed by atoms with van der Waals surface area (Å²) in [5.41, 5.74) is 1.46. The van der Waals surface area contributed by atoms with Gasteiger partial charge in [0, 0.05) is 25.2 Å². The first-order chi connectivity index (χ1) is 11.3. The number of hydrogen-bond acceptors (Lipinski definition) is 6. The highest BCUT2D eigenvalue weighted by molar-refractivity contribution is 5.75.